The number of hydrogen-bond donors (Lipinski definition) is 1. The zero-order valence-electron chi connectivity index (χ0n) is 17.9. The van der Waals surface area contributed by atoms with Crippen molar-refractivity contribution < 1.29 is 23.7 Å². The molecule has 2 aromatic rings. The van der Waals surface area contributed by atoms with Gasteiger partial charge in [0.2, 0.25) is 5.75 Å². The zero-order chi connectivity index (χ0) is 20.5. The van der Waals surface area contributed by atoms with E-state index in [1.807, 2.05) is 38.4 Å². The van der Waals surface area contributed by atoms with Crippen molar-refractivity contribution in [3.8, 4) is 23.0 Å². The summed E-state index contributed by atoms with van der Waals surface area (Å²) >= 11 is 0. The molecule has 0 aliphatic rings. The fourth-order valence-electron chi connectivity index (χ4n) is 2.55. The van der Waals surface area contributed by atoms with Gasteiger partial charge < -0.3 is 29.2 Å². The van der Waals surface area contributed by atoms with Gasteiger partial charge in [-0.15, -0.1) is 24.8 Å². The van der Waals surface area contributed by atoms with Gasteiger partial charge in [-0.3, -0.25) is 4.79 Å². The number of carbonyl (C=O) groups excluding carboxylic acids is 1. The maximum Gasteiger partial charge on any atom is 0.251 e. The molecule has 0 aliphatic carbocycles. The van der Waals surface area contributed by atoms with Gasteiger partial charge in [-0.1, -0.05) is 12.1 Å². The molecule has 0 bridgehead atoms. The molecule has 0 spiro atoms. The number of amides is 1. The van der Waals surface area contributed by atoms with Crippen LogP contribution < -0.4 is 24.3 Å². The molecule has 9 heteroatoms. The Bertz CT molecular complexity index is 760. The molecule has 0 saturated carbocycles. The molecule has 0 aliphatic heterocycles. The smallest absolute Gasteiger partial charge is 0.251 e. The fraction of sp³-hybridized carbons (Fsp3) is 0.381. The van der Waals surface area contributed by atoms with E-state index in [1.54, 1.807) is 12.1 Å². The van der Waals surface area contributed by atoms with E-state index in [0.29, 0.717) is 36.0 Å². The number of ether oxygens (including phenoxy) is 4. The molecule has 0 saturated heterocycles. The van der Waals surface area contributed by atoms with Gasteiger partial charge in [-0.05, 0) is 43.9 Å². The summed E-state index contributed by atoms with van der Waals surface area (Å²) in [6.45, 7) is 1.88. The van der Waals surface area contributed by atoms with Gasteiger partial charge in [0, 0.05) is 18.7 Å². The number of halogens is 2. The Labute approximate surface area is 190 Å². The maximum atomic E-state index is 12.5. The summed E-state index contributed by atoms with van der Waals surface area (Å²) in [6, 6.07) is 10.9. The van der Waals surface area contributed by atoms with E-state index < -0.39 is 0 Å². The Morgan fingerprint density at radius 2 is 1.50 bits per heavy atom. The molecule has 0 radical (unpaired) electrons. The standard InChI is InChI=1S/C21H28N2O5.2ClH/c1-23(2)10-11-28-17-8-6-15(7-9-17)14-22-21(24)16-12-18(25-3)20(27-5)19(13-16)26-4;;/h6-9,12-13H,10-11,14H2,1-5H3,(H,22,24);2*1H. The van der Waals surface area contributed by atoms with Crippen LogP contribution >= 0.6 is 24.8 Å². The molecule has 1 N–H and O–H groups in total. The highest BCUT2D eigenvalue weighted by Gasteiger charge is 2.16. The second-order valence-corrected chi connectivity index (χ2v) is 6.39. The summed E-state index contributed by atoms with van der Waals surface area (Å²) in [7, 11) is 8.56. The van der Waals surface area contributed by atoms with Crippen molar-refractivity contribution >= 4 is 30.7 Å². The van der Waals surface area contributed by atoms with Crippen LogP contribution in [0.2, 0.25) is 0 Å². The molecule has 7 nitrogen and oxygen atoms in total. The second-order valence-electron chi connectivity index (χ2n) is 6.39. The van der Waals surface area contributed by atoms with Gasteiger partial charge in [-0.2, -0.15) is 0 Å². The first-order chi connectivity index (χ1) is 13.5. The summed E-state index contributed by atoms with van der Waals surface area (Å²) in [5.41, 5.74) is 1.40. The van der Waals surface area contributed by atoms with E-state index in [1.165, 1.54) is 21.3 Å². The predicted octanol–water partition coefficient (Wildman–Crippen LogP) is 3.43. The van der Waals surface area contributed by atoms with E-state index in [4.69, 9.17) is 18.9 Å². The summed E-state index contributed by atoms with van der Waals surface area (Å²) in [6.07, 6.45) is 0. The normalized spacial score (nSPS) is 9.80. The van der Waals surface area contributed by atoms with Crippen LogP contribution in [0.1, 0.15) is 15.9 Å². The fourth-order valence-corrected chi connectivity index (χ4v) is 2.55. The van der Waals surface area contributed by atoms with Crippen LogP contribution in [0, 0.1) is 0 Å². The molecule has 0 heterocycles. The van der Waals surface area contributed by atoms with Crippen molar-refractivity contribution in [1.29, 1.82) is 0 Å². The molecule has 168 valence electrons. The minimum atomic E-state index is -0.231. The van der Waals surface area contributed by atoms with Gasteiger partial charge in [0.05, 0.1) is 21.3 Å². The van der Waals surface area contributed by atoms with Crippen LogP contribution in [0.4, 0.5) is 0 Å². The number of methoxy groups -OCH3 is 3. The SMILES string of the molecule is COc1cc(C(=O)NCc2ccc(OCCN(C)C)cc2)cc(OC)c1OC.Cl.Cl. The van der Waals surface area contributed by atoms with E-state index >= 15 is 0 Å². The number of hydrogen-bond acceptors (Lipinski definition) is 6. The van der Waals surface area contributed by atoms with Crippen molar-refractivity contribution in [2.45, 2.75) is 6.54 Å². The van der Waals surface area contributed by atoms with Crippen molar-refractivity contribution in [1.82, 2.24) is 10.2 Å². The second kappa shape index (κ2) is 13.8. The number of benzene rings is 2. The van der Waals surface area contributed by atoms with Crippen LogP contribution in [0.3, 0.4) is 0 Å². The van der Waals surface area contributed by atoms with Crippen molar-refractivity contribution in [2.24, 2.45) is 0 Å². The molecule has 0 atom stereocenters. The quantitative estimate of drug-likeness (QED) is 0.585. The van der Waals surface area contributed by atoms with E-state index in [0.717, 1.165) is 17.9 Å². The highest BCUT2D eigenvalue weighted by atomic mass is 35.5. The van der Waals surface area contributed by atoms with Crippen LogP contribution in [0.15, 0.2) is 36.4 Å². The molecule has 2 aromatic carbocycles. The summed E-state index contributed by atoms with van der Waals surface area (Å²) in [5.74, 6) is 1.90. The Kier molecular flexibility index (Phi) is 12.7. The third kappa shape index (κ3) is 7.82. The molecule has 30 heavy (non-hydrogen) atoms. The third-order valence-corrected chi connectivity index (χ3v) is 4.11. The van der Waals surface area contributed by atoms with Crippen molar-refractivity contribution in [3.63, 3.8) is 0 Å². The Balaban J connectivity index is 0.00000420. The minimum Gasteiger partial charge on any atom is -0.493 e. The average molecular weight is 461 g/mol. The molecular weight excluding hydrogens is 431 g/mol. The predicted molar refractivity (Wildman–Crippen MR) is 122 cm³/mol. The van der Waals surface area contributed by atoms with Gasteiger partial charge in [0.15, 0.2) is 11.5 Å². The first-order valence-electron chi connectivity index (χ1n) is 8.93. The number of carbonyl (C=O) groups is 1. The highest BCUT2D eigenvalue weighted by Crippen LogP contribution is 2.38. The summed E-state index contributed by atoms with van der Waals surface area (Å²) < 4.78 is 21.5. The highest BCUT2D eigenvalue weighted by molar-refractivity contribution is 5.95. The average Bonchev–Trinajstić information content (AvgIpc) is 2.71. The number of nitrogens with one attached hydrogen (secondary N) is 1. The molecule has 0 fully saturated rings. The van der Waals surface area contributed by atoms with Gasteiger partial charge in [0.1, 0.15) is 12.4 Å². The molecule has 0 unspecified atom stereocenters. The lowest BCUT2D eigenvalue weighted by Crippen LogP contribution is -2.23. The van der Waals surface area contributed by atoms with Gasteiger partial charge >= 0.3 is 0 Å². The first-order valence-corrected chi connectivity index (χ1v) is 8.93. The molecule has 0 aromatic heterocycles. The molecule has 1 amide bonds. The van der Waals surface area contributed by atoms with Crippen LogP contribution in [-0.2, 0) is 6.54 Å². The van der Waals surface area contributed by atoms with Gasteiger partial charge in [0.25, 0.3) is 5.91 Å². The topological polar surface area (TPSA) is 69.3 Å². The summed E-state index contributed by atoms with van der Waals surface area (Å²) in [5, 5.41) is 2.89. The Morgan fingerprint density at radius 3 is 1.97 bits per heavy atom. The summed E-state index contributed by atoms with van der Waals surface area (Å²) in [4.78, 5) is 14.6. The maximum absolute atomic E-state index is 12.5. The van der Waals surface area contributed by atoms with E-state index in [-0.39, 0.29) is 30.7 Å². The first kappa shape index (κ1) is 27.6. The lowest BCUT2D eigenvalue weighted by Gasteiger charge is -2.14. The van der Waals surface area contributed by atoms with Crippen LogP contribution in [0.25, 0.3) is 0 Å². The monoisotopic (exact) mass is 460 g/mol. The largest absolute Gasteiger partial charge is 0.493 e. The molecular formula is C21H30Cl2N2O5. The van der Waals surface area contributed by atoms with Crippen LogP contribution in [0.5, 0.6) is 23.0 Å². The molecule has 2 rings (SSSR count). The zero-order valence-corrected chi connectivity index (χ0v) is 19.5. The van der Waals surface area contributed by atoms with Crippen molar-refractivity contribution in [2.75, 3.05) is 48.6 Å². The number of likely N-dealkylation sites (N-methyl/N-ethyl adjacent to an activating group) is 1. The van der Waals surface area contributed by atoms with Crippen LogP contribution in [-0.4, -0.2) is 59.4 Å². The lowest BCUT2D eigenvalue weighted by molar-refractivity contribution is 0.0950. The number of nitrogens with zero attached hydrogens (tertiary/aromatic N) is 1. The Morgan fingerprint density at radius 1 is 0.933 bits per heavy atom. The number of rotatable bonds is 10. The lowest BCUT2D eigenvalue weighted by atomic mass is 10.1. The van der Waals surface area contributed by atoms with E-state index in [2.05, 4.69) is 10.2 Å². The van der Waals surface area contributed by atoms with E-state index in [9.17, 15) is 4.79 Å². The van der Waals surface area contributed by atoms with Gasteiger partial charge in [-0.25, -0.2) is 0 Å². The van der Waals surface area contributed by atoms with Crippen molar-refractivity contribution in [3.05, 3.63) is 47.5 Å². The Hall–Kier alpha value is -2.35. The third-order valence-electron chi connectivity index (χ3n) is 4.11. The minimum absolute atomic E-state index is 0.